The minimum Gasteiger partial charge on any atom is -0.390 e. The number of hydrogen-bond donors (Lipinski definition) is 3. The number of benzene rings is 1. The molecule has 0 bridgehead atoms. The van der Waals surface area contributed by atoms with Crippen molar-refractivity contribution in [1.82, 2.24) is 5.32 Å². The lowest BCUT2D eigenvalue weighted by Gasteiger charge is -2.27. The summed E-state index contributed by atoms with van der Waals surface area (Å²) in [5, 5.41) is 15.3. The fourth-order valence-corrected chi connectivity index (χ4v) is 4.80. The van der Waals surface area contributed by atoms with Gasteiger partial charge in [0.1, 0.15) is 0 Å². The number of urea groups is 1. The Balaban J connectivity index is 2.25. The molecule has 0 saturated carbocycles. The van der Waals surface area contributed by atoms with E-state index in [0.29, 0.717) is 5.69 Å². The van der Waals surface area contributed by atoms with Crippen LogP contribution in [0.15, 0.2) is 18.2 Å². The van der Waals surface area contributed by atoms with Crippen molar-refractivity contribution >= 4 is 21.6 Å². The Hall–Kier alpha value is -1.60. The van der Waals surface area contributed by atoms with E-state index in [1.807, 2.05) is 12.1 Å². The fraction of sp³-hybridized carbons (Fsp3) is 0.632. The van der Waals surface area contributed by atoms with Crippen LogP contribution in [0.25, 0.3) is 0 Å². The quantitative estimate of drug-likeness (QED) is 0.732. The Labute approximate surface area is 156 Å². The minimum atomic E-state index is -3.31. The smallest absolute Gasteiger partial charge is 0.319 e. The zero-order chi connectivity index (χ0) is 19.9. The summed E-state index contributed by atoms with van der Waals surface area (Å²) in [6.07, 6.45) is -1.08. The molecule has 0 unspecified atom stereocenters. The van der Waals surface area contributed by atoms with Gasteiger partial charge in [-0.2, -0.15) is 0 Å². The Morgan fingerprint density at radius 3 is 2.15 bits per heavy atom. The van der Waals surface area contributed by atoms with Crippen LogP contribution in [0.4, 0.5) is 10.5 Å². The van der Waals surface area contributed by atoms with Crippen molar-refractivity contribution in [2.75, 3.05) is 16.8 Å². The third kappa shape index (κ3) is 4.98. The number of carbonyl (C=O) groups is 1. The van der Waals surface area contributed by atoms with Gasteiger partial charge in [0.15, 0.2) is 9.84 Å². The van der Waals surface area contributed by atoms with E-state index in [1.165, 1.54) is 0 Å². The number of aliphatic hydroxyl groups excluding tert-OH is 1. The molecule has 1 fully saturated rings. The minimum absolute atomic E-state index is 0.0704. The molecule has 1 aromatic rings. The molecule has 6 nitrogen and oxygen atoms in total. The van der Waals surface area contributed by atoms with Gasteiger partial charge in [0, 0.05) is 5.69 Å². The number of nitrogens with one attached hydrogen (secondary N) is 2. The number of rotatable bonds is 2. The monoisotopic (exact) mass is 382 g/mol. The maximum Gasteiger partial charge on any atom is 0.319 e. The van der Waals surface area contributed by atoms with Crippen molar-refractivity contribution in [3.8, 4) is 0 Å². The van der Waals surface area contributed by atoms with Gasteiger partial charge in [-0.3, -0.25) is 0 Å². The van der Waals surface area contributed by atoms with Crippen molar-refractivity contribution in [2.24, 2.45) is 0 Å². The summed E-state index contributed by atoms with van der Waals surface area (Å²) in [4.78, 5) is 12.4. The van der Waals surface area contributed by atoms with Crippen molar-refractivity contribution in [1.29, 1.82) is 0 Å². The Morgan fingerprint density at radius 1 is 1.08 bits per heavy atom. The number of anilines is 1. The van der Waals surface area contributed by atoms with Gasteiger partial charge in [-0.15, -0.1) is 0 Å². The summed E-state index contributed by atoms with van der Waals surface area (Å²) in [6, 6.07) is 4.75. The average Bonchev–Trinajstić information content (AvgIpc) is 2.68. The zero-order valence-electron chi connectivity index (χ0n) is 16.4. The van der Waals surface area contributed by atoms with E-state index >= 15 is 0 Å². The van der Waals surface area contributed by atoms with Crippen LogP contribution in [0.3, 0.4) is 0 Å². The molecule has 1 aliphatic heterocycles. The van der Waals surface area contributed by atoms with E-state index in [-0.39, 0.29) is 22.3 Å². The predicted octanol–water partition coefficient (Wildman–Crippen LogP) is 2.56. The van der Waals surface area contributed by atoms with Crippen LogP contribution in [-0.2, 0) is 20.7 Å². The zero-order valence-corrected chi connectivity index (χ0v) is 17.2. The van der Waals surface area contributed by atoms with Gasteiger partial charge in [0.25, 0.3) is 0 Å². The second-order valence-electron chi connectivity index (χ2n) is 9.11. The molecule has 7 heteroatoms. The molecule has 26 heavy (non-hydrogen) atoms. The molecule has 0 aliphatic carbocycles. The molecule has 1 heterocycles. The predicted molar refractivity (Wildman–Crippen MR) is 104 cm³/mol. The van der Waals surface area contributed by atoms with Gasteiger partial charge in [-0.1, -0.05) is 53.7 Å². The highest BCUT2D eigenvalue weighted by Gasteiger charge is 2.37. The average molecular weight is 383 g/mol. The molecular weight excluding hydrogens is 352 g/mol. The van der Waals surface area contributed by atoms with Gasteiger partial charge in [-0.25, -0.2) is 13.2 Å². The van der Waals surface area contributed by atoms with Crippen LogP contribution in [0, 0.1) is 0 Å². The first kappa shape index (κ1) is 20.7. The topological polar surface area (TPSA) is 95.5 Å². The molecule has 0 aromatic heterocycles. The lowest BCUT2D eigenvalue weighted by atomic mass is 9.81. The summed E-state index contributed by atoms with van der Waals surface area (Å²) >= 11 is 0. The van der Waals surface area contributed by atoms with E-state index in [1.54, 1.807) is 0 Å². The summed E-state index contributed by atoms with van der Waals surface area (Å²) < 4.78 is 23.2. The lowest BCUT2D eigenvalue weighted by molar-refractivity contribution is 0.167. The number of aliphatic hydroxyl groups is 1. The third-order valence-corrected chi connectivity index (χ3v) is 6.30. The van der Waals surface area contributed by atoms with Crippen molar-refractivity contribution in [2.45, 2.75) is 64.5 Å². The molecule has 1 aromatic carbocycles. The molecule has 3 N–H and O–H groups in total. The van der Waals surface area contributed by atoms with Crippen LogP contribution in [0.5, 0.6) is 0 Å². The van der Waals surface area contributed by atoms with Crippen LogP contribution >= 0.6 is 0 Å². The standard InChI is InChI=1S/C19H30N2O4S/c1-18(2,3)12-7-8-13(19(4,5)6)14(9-12)20-17(23)21-15-10-26(24,25)11-16(15)22/h7-9,15-16,22H,10-11H2,1-6H3,(H2,20,21,23)/t15-,16-/m0/s1. The fourth-order valence-electron chi connectivity index (χ4n) is 3.06. The lowest BCUT2D eigenvalue weighted by Crippen LogP contribution is -2.44. The number of amides is 2. The first-order valence-corrected chi connectivity index (χ1v) is 10.6. The van der Waals surface area contributed by atoms with Crippen molar-refractivity contribution < 1.29 is 18.3 Å². The van der Waals surface area contributed by atoms with Crippen molar-refractivity contribution in [3.63, 3.8) is 0 Å². The second kappa shape index (κ2) is 6.85. The van der Waals surface area contributed by atoms with Crippen LogP contribution in [0.2, 0.25) is 0 Å². The second-order valence-corrected chi connectivity index (χ2v) is 11.3. The van der Waals surface area contributed by atoms with Crippen LogP contribution in [-0.4, -0.2) is 43.2 Å². The maximum absolute atomic E-state index is 12.4. The summed E-state index contributed by atoms with van der Waals surface area (Å²) in [5.74, 6) is -0.555. The van der Waals surface area contributed by atoms with Crippen LogP contribution < -0.4 is 10.6 Å². The molecule has 1 aliphatic rings. The molecular formula is C19H30N2O4S. The van der Waals surface area contributed by atoms with E-state index in [0.717, 1.165) is 11.1 Å². The van der Waals surface area contributed by atoms with Gasteiger partial charge >= 0.3 is 6.03 Å². The van der Waals surface area contributed by atoms with E-state index in [2.05, 4.69) is 58.2 Å². The molecule has 2 atom stereocenters. The summed E-state index contributed by atoms with van der Waals surface area (Å²) in [6.45, 7) is 12.5. The first-order chi connectivity index (χ1) is 11.7. The molecule has 0 spiro atoms. The Bertz CT molecular complexity index is 789. The van der Waals surface area contributed by atoms with Gasteiger partial charge in [-0.05, 0) is 28.0 Å². The molecule has 1 saturated heterocycles. The molecule has 0 radical (unpaired) electrons. The summed E-state index contributed by atoms with van der Waals surface area (Å²) in [7, 11) is -3.31. The van der Waals surface area contributed by atoms with Crippen LogP contribution in [0.1, 0.15) is 52.7 Å². The SMILES string of the molecule is CC(C)(C)c1ccc(C(C)(C)C)c(NC(=O)N[C@H]2CS(=O)(=O)C[C@@H]2O)c1. The van der Waals surface area contributed by atoms with E-state index in [4.69, 9.17) is 0 Å². The number of sulfone groups is 1. The number of carbonyl (C=O) groups excluding carboxylic acids is 1. The Morgan fingerprint density at radius 2 is 1.69 bits per heavy atom. The summed E-state index contributed by atoms with van der Waals surface area (Å²) in [5.41, 5.74) is 2.52. The Kier molecular flexibility index (Phi) is 5.46. The largest absolute Gasteiger partial charge is 0.390 e. The van der Waals surface area contributed by atoms with Gasteiger partial charge < -0.3 is 15.7 Å². The highest BCUT2D eigenvalue weighted by atomic mass is 32.2. The number of hydrogen-bond acceptors (Lipinski definition) is 4. The van der Waals surface area contributed by atoms with E-state index in [9.17, 15) is 18.3 Å². The van der Waals surface area contributed by atoms with Crippen molar-refractivity contribution in [3.05, 3.63) is 29.3 Å². The maximum atomic E-state index is 12.4. The van der Waals surface area contributed by atoms with Gasteiger partial charge in [0.2, 0.25) is 0 Å². The highest BCUT2D eigenvalue weighted by molar-refractivity contribution is 7.91. The van der Waals surface area contributed by atoms with Gasteiger partial charge in [0.05, 0.1) is 23.7 Å². The molecule has 146 valence electrons. The highest BCUT2D eigenvalue weighted by Crippen LogP contribution is 2.33. The van der Waals surface area contributed by atoms with E-state index < -0.39 is 28.0 Å². The normalized spacial score (nSPS) is 22.9. The molecule has 2 rings (SSSR count). The first-order valence-electron chi connectivity index (χ1n) is 8.80. The third-order valence-electron chi connectivity index (χ3n) is 4.58. The molecule has 2 amide bonds.